The topological polar surface area (TPSA) is 15.3 Å². The lowest BCUT2D eigenvalue weighted by Gasteiger charge is -2.30. The highest BCUT2D eigenvalue weighted by Crippen LogP contribution is 2.34. The van der Waals surface area contributed by atoms with Gasteiger partial charge in [0, 0.05) is 18.6 Å². The van der Waals surface area contributed by atoms with Gasteiger partial charge in [-0.2, -0.15) is 0 Å². The molecule has 0 aliphatic heterocycles. The molecule has 0 amide bonds. The van der Waals surface area contributed by atoms with Crippen LogP contribution in [0, 0.1) is 11.8 Å². The smallest absolute Gasteiger partial charge is 0.0214 e. The van der Waals surface area contributed by atoms with Crippen LogP contribution < -0.4 is 5.32 Å². The molecule has 1 rings (SSSR count). The van der Waals surface area contributed by atoms with Gasteiger partial charge in [0.25, 0.3) is 0 Å². The minimum Gasteiger partial charge on any atom is -0.315 e. The van der Waals surface area contributed by atoms with Crippen molar-refractivity contribution in [2.24, 2.45) is 11.8 Å². The number of nitrogens with zero attached hydrogens (tertiary/aromatic N) is 1. The fourth-order valence-electron chi connectivity index (χ4n) is 2.05. The molecule has 2 heteroatoms. The first kappa shape index (κ1) is 12.0. The maximum absolute atomic E-state index is 3.40. The number of hydrogen-bond acceptors (Lipinski definition) is 2. The second-order valence-corrected chi connectivity index (χ2v) is 5.16. The van der Waals surface area contributed by atoms with Crippen LogP contribution in [0.25, 0.3) is 0 Å². The molecule has 0 heterocycles. The second-order valence-electron chi connectivity index (χ2n) is 5.16. The fourth-order valence-corrected chi connectivity index (χ4v) is 2.05. The molecule has 1 N–H and O–H groups in total. The van der Waals surface area contributed by atoms with E-state index in [1.807, 2.05) is 0 Å². The molecule has 0 bridgehead atoms. The van der Waals surface area contributed by atoms with Crippen LogP contribution in [0.1, 0.15) is 33.6 Å². The number of rotatable bonds is 6. The molecule has 0 saturated heterocycles. The molecular weight excluding hydrogens is 172 g/mol. The Kier molecular flexibility index (Phi) is 4.39. The third-order valence-corrected chi connectivity index (χ3v) is 3.66. The molecule has 1 aliphatic rings. The third kappa shape index (κ3) is 3.25. The molecule has 14 heavy (non-hydrogen) atoms. The van der Waals surface area contributed by atoms with E-state index in [0.29, 0.717) is 12.0 Å². The summed E-state index contributed by atoms with van der Waals surface area (Å²) < 4.78 is 0. The van der Waals surface area contributed by atoms with Crippen LogP contribution in [0.15, 0.2) is 0 Å². The van der Waals surface area contributed by atoms with E-state index >= 15 is 0 Å². The molecule has 0 aromatic carbocycles. The highest BCUT2D eigenvalue weighted by atomic mass is 15.2. The summed E-state index contributed by atoms with van der Waals surface area (Å²) in [6, 6.07) is 1.39. The zero-order valence-corrected chi connectivity index (χ0v) is 10.4. The van der Waals surface area contributed by atoms with Crippen molar-refractivity contribution in [2.45, 2.75) is 45.7 Å². The van der Waals surface area contributed by atoms with E-state index in [-0.39, 0.29) is 0 Å². The van der Waals surface area contributed by atoms with Gasteiger partial charge in [0.2, 0.25) is 0 Å². The van der Waals surface area contributed by atoms with Gasteiger partial charge in [-0.1, -0.05) is 13.8 Å². The lowest BCUT2D eigenvalue weighted by Crippen LogP contribution is -2.44. The van der Waals surface area contributed by atoms with E-state index in [0.717, 1.165) is 12.0 Å². The monoisotopic (exact) mass is 198 g/mol. The van der Waals surface area contributed by atoms with E-state index in [4.69, 9.17) is 0 Å². The SMILES string of the molecule is CNC(CN(C)C(C)C1CC1)C(C)C. The quantitative estimate of drug-likeness (QED) is 0.702. The summed E-state index contributed by atoms with van der Waals surface area (Å²) in [5.41, 5.74) is 0. The summed E-state index contributed by atoms with van der Waals surface area (Å²) in [6.07, 6.45) is 2.88. The lowest BCUT2D eigenvalue weighted by atomic mass is 10.0. The Morgan fingerprint density at radius 2 is 1.86 bits per heavy atom. The Hall–Kier alpha value is -0.0800. The van der Waals surface area contributed by atoms with Gasteiger partial charge in [-0.05, 0) is 45.7 Å². The number of hydrogen-bond donors (Lipinski definition) is 1. The van der Waals surface area contributed by atoms with Crippen LogP contribution in [0.2, 0.25) is 0 Å². The van der Waals surface area contributed by atoms with Crippen LogP contribution in [-0.2, 0) is 0 Å². The minimum atomic E-state index is 0.626. The largest absolute Gasteiger partial charge is 0.315 e. The number of likely N-dealkylation sites (N-methyl/N-ethyl adjacent to an activating group) is 2. The predicted octanol–water partition coefficient (Wildman–Crippen LogP) is 1.96. The lowest BCUT2D eigenvalue weighted by molar-refractivity contribution is 0.195. The Labute approximate surface area is 89.1 Å². The molecule has 0 aromatic heterocycles. The molecular formula is C12H26N2. The van der Waals surface area contributed by atoms with Gasteiger partial charge in [-0.25, -0.2) is 0 Å². The molecule has 1 fully saturated rings. The van der Waals surface area contributed by atoms with Crippen LogP contribution in [0.4, 0.5) is 0 Å². The molecule has 2 atom stereocenters. The van der Waals surface area contributed by atoms with Gasteiger partial charge in [-0.15, -0.1) is 0 Å². The minimum absolute atomic E-state index is 0.626. The van der Waals surface area contributed by atoms with E-state index in [1.165, 1.54) is 19.4 Å². The Morgan fingerprint density at radius 1 is 1.29 bits per heavy atom. The zero-order valence-electron chi connectivity index (χ0n) is 10.4. The van der Waals surface area contributed by atoms with Crippen molar-refractivity contribution in [1.82, 2.24) is 10.2 Å². The van der Waals surface area contributed by atoms with E-state index < -0.39 is 0 Å². The van der Waals surface area contributed by atoms with Gasteiger partial charge in [0.15, 0.2) is 0 Å². The van der Waals surface area contributed by atoms with Gasteiger partial charge in [0.05, 0.1) is 0 Å². The third-order valence-electron chi connectivity index (χ3n) is 3.66. The Bertz CT molecular complexity index is 164. The molecule has 2 nitrogen and oxygen atoms in total. The fraction of sp³-hybridized carbons (Fsp3) is 1.00. The van der Waals surface area contributed by atoms with Crippen molar-refractivity contribution >= 4 is 0 Å². The second kappa shape index (κ2) is 5.13. The van der Waals surface area contributed by atoms with Crippen LogP contribution >= 0.6 is 0 Å². The first-order valence-electron chi connectivity index (χ1n) is 5.93. The van der Waals surface area contributed by atoms with Crippen molar-refractivity contribution in [3.8, 4) is 0 Å². The van der Waals surface area contributed by atoms with Crippen LogP contribution in [0.5, 0.6) is 0 Å². The highest BCUT2D eigenvalue weighted by Gasteiger charge is 2.31. The van der Waals surface area contributed by atoms with Crippen molar-refractivity contribution in [1.29, 1.82) is 0 Å². The van der Waals surface area contributed by atoms with Gasteiger partial charge >= 0.3 is 0 Å². The highest BCUT2D eigenvalue weighted by molar-refractivity contribution is 4.85. The molecule has 1 saturated carbocycles. The normalized spacial score (nSPS) is 21.6. The Balaban J connectivity index is 2.32. The predicted molar refractivity (Wildman–Crippen MR) is 62.5 cm³/mol. The average molecular weight is 198 g/mol. The maximum Gasteiger partial charge on any atom is 0.0214 e. The Morgan fingerprint density at radius 3 is 2.21 bits per heavy atom. The zero-order chi connectivity index (χ0) is 10.7. The first-order valence-corrected chi connectivity index (χ1v) is 5.93. The van der Waals surface area contributed by atoms with Crippen molar-refractivity contribution in [3.63, 3.8) is 0 Å². The molecule has 0 spiro atoms. The van der Waals surface area contributed by atoms with Crippen molar-refractivity contribution in [3.05, 3.63) is 0 Å². The maximum atomic E-state index is 3.40. The number of nitrogens with one attached hydrogen (secondary N) is 1. The van der Waals surface area contributed by atoms with Crippen molar-refractivity contribution < 1.29 is 0 Å². The average Bonchev–Trinajstić information content (AvgIpc) is 2.95. The standard InChI is InChI=1S/C12H26N2/c1-9(2)12(13-4)8-14(5)10(3)11-6-7-11/h9-13H,6-8H2,1-5H3. The molecule has 2 unspecified atom stereocenters. The van der Waals surface area contributed by atoms with E-state index in [9.17, 15) is 0 Å². The summed E-state index contributed by atoms with van der Waals surface area (Å²) in [7, 11) is 4.33. The summed E-state index contributed by atoms with van der Waals surface area (Å²) in [5.74, 6) is 1.69. The summed E-state index contributed by atoms with van der Waals surface area (Å²) in [4.78, 5) is 2.51. The van der Waals surface area contributed by atoms with Gasteiger partial charge in [0.1, 0.15) is 0 Å². The van der Waals surface area contributed by atoms with Gasteiger partial charge in [-0.3, -0.25) is 0 Å². The molecule has 0 aromatic rings. The van der Waals surface area contributed by atoms with Crippen molar-refractivity contribution in [2.75, 3.05) is 20.6 Å². The van der Waals surface area contributed by atoms with E-state index in [2.05, 4.69) is 45.1 Å². The summed E-state index contributed by atoms with van der Waals surface area (Å²) in [6.45, 7) is 8.12. The van der Waals surface area contributed by atoms with Crippen LogP contribution in [0.3, 0.4) is 0 Å². The van der Waals surface area contributed by atoms with Crippen LogP contribution in [-0.4, -0.2) is 37.6 Å². The van der Waals surface area contributed by atoms with Gasteiger partial charge < -0.3 is 10.2 Å². The van der Waals surface area contributed by atoms with E-state index in [1.54, 1.807) is 0 Å². The summed E-state index contributed by atoms with van der Waals surface area (Å²) in [5, 5.41) is 3.40. The molecule has 1 aliphatic carbocycles. The first-order chi connectivity index (χ1) is 6.56. The summed E-state index contributed by atoms with van der Waals surface area (Å²) >= 11 is 0. The molecule has 84 valence electrons. The molecule has 0 radical (unpaired) electrons.